The summed E-state index contributed by atoms with van der Waals surface area (Å²) in [6.07, 6.45) is 1.15. The third-order valence-electron chi connectivity index (χ3n) is 3.13. The molecule has 1 aliphatic heterocycles. The number of aliphatic imine (C=N–C) groups is 1. The largest absolute Gasteiger partial charge is 0.287 e. The van der Waals surface area contributed by atoms with Gasteiger partial charge in [0.2, 0.25) is 9.84 Å². The van der Waals surface area contributed by atoms with Crippen molar-refractivity contribution < 1.29 is 18.0 Å². The number of halogens is 1. The van der Waals surface area contributed by atoms with E-state index >= 15 is 0 Å². The molecule has 0 unspecified atom stereocenters. The highest BCUT2D eigenvalue weighted by atomic mass is 32.2. The molecule has 21 heavy (non-hydrogen) atoms. The van der Waals surface area contributed by atoms with Gasteiger partial charge in [-0.25, -0.2) is 22.9 Å². The summed E-state index contributed by atoms with van der Waals surface area (Å²) in [4.78, 5) is 3.83. The Morgan fingerprint density at radius 3 is 2.71 bits per heavy atom. The minimum Gasteiger partial charge on any atom is -0.287 e. The van der Waals surface area contributed by atoms with Crippen molar-refractivity contribution in [2.24, 2.45) is 4.99 Å². The first kappa shape index (κ1) is 13.7. The molecule has 1 N–H and O–H groups in total. The van der Waals surface area contributed by atoms with Crippen molar-refractivity contribution in [3.63, 3.8) is 0 Å². The van der Waals surface area contributed by atoms with Crippen LogP contribution >= 0.6 is 0 Å². The van der Waals surface area contributed by atoms with Gasteiger partial charge in [-0.1, -0.05) is 18.2 Å². The highest BCUT2D eigenvalue weighted by Gasteiger charge is 2.25. The smallest absolute Gasteiger partial charge is 0.208 e. The second-order valence-corrected chi connectivity index (χ2v) is 6.48. The SMILES string of the molecule is O=S(=O)(c1cccc(F)c1)c1cccc2c1N=CN(O)C2. The third-order valence-corrected chi connectivity index (χ3v) is 4.91. The Kier molecular flexibility index (Phi) is 3.23. The minimum absolute atomic E-state index is 0.00468. The molecule has 0 fully saturated rings. The summed E-state index contributed by atoms with van der Waals surface area (Å²) in [7, 11) is -3.87. The normalized spacial score (nSPS) is 14.1. The van der Waals surface area contributed by atoms with E-state index in [1.54, 1.807) is 12.1 Å². The Morgan fingerprint density at radius 1 is 1.19 bits per heavy atom. The second-order valence-electron chi connectivity index (χ2n) is 4.57. The van der Waals surface area contributed by atoms with Crippen LogP contribution in [0.3, 0.4) is 0 Å². The lowest BCUT2D eigenvalue weighted by atomic mass is 10.1. The fourth-order valence-electron chi connectivity index (χ4n) is 2.16. The molecule has 0 spiro atoms. The fraction of sp³-hybridized carbons (Fsp3) is 0.0714. The van der Waals surface area contributed by atoms with E-state index in [0.717, 1.165) is 17.5 Å². The van der Waals surface area contributed by atoms with E-state index in [-0.39, 0.29) is 22.0 Å². The minimum atomic E-state index is -3.87. The molecule has 108 valence electrons. The molecule has 3 rings (SSSR count). The summed E-state index contributed by atoms with van der Waals surface area (Å²) >= 11 is 0. The molecular formula is C14H11FN2O3S. The molecule has 1 aliphatic rings. The average molecular weight is 306 g/mol. The first-order valence-electron chi connectivity index (χ1n) is 6.11. The molecule has 0 saturated carbocycles. The van der Waals surface area contributed by atoms with Gasteiger partial charge in [0.1, 0.15) is 12.2 Å². The monoisotopic (exact) mass is 306 g/mol. The lowest BCUT2D eigenvalue weighted by molar-refractivity contribution is -0.0179. The molecule has 0 saturated heterocycles. The van der Waals surface area contributed by atoms with Gasteiger partial charge in [-0.05, 0) is 24.3 Å². The van der Waals surface area contributed by atoms with Crippen LogP contribution in [0.1, 0.15) is 5.56 Å². The van der Waals surface area contributed by atoms with Gasteiger partial charge in [0, 0.05) is 5.56 Å². The number of rotatable bonds is 2. The van der Waals surface area contributed by atoms with E-state index in [9.17, 15) is 18.0 Å². The van der Waals surface area contributed by atoms with Gasteiger partial charge in [-0.15, -0.1) is 0 Å². The van der Waals surface area contributed by atoms with Crippen molar-refractivity contribution >= 4 is 21.9 Å². The van der Waals surface area contributed by atoms with Gasteiger partial charge >= 0.3 is 0 Å². The summed E-state index contributed by atoms with van der Waals surface area (Å²) in [5.41, 5.74) is 0.851. The summed E-state index contributed by atoms with van der Waals surface area (Å²) in [6, 6.07) is 9.50. The maximum Gasteiger partial charge on any atom is 0.208 e. The fourth-order valence-corrected chi connectivity index (χ4v) is 3.64. The van der Waals surface area contributed by atoms with Gasteiger partial charge in [0.15, 0.2) is 0 Å². The molecule has 7 heteroatoms. The van der Waals surface area contributed by atoms with E-state index in [1.807, 2.05) is 0 Å². The number of fused-ring (bicyclic) bond motifs is 1. The predicted molar refractivity (Wildman–Crippen MR) is 73.8 cm³/mol. The number of nitrogens with zero attached hydrogens (tertiary/aromatic N) is 2. The van der Waals surface area contributed by atoms with E-state index in [0.29, 0.717) is 5.56 Å². The van der Waals surface area contributed by atoms with Crippen LogP contribution in [-0.2, 0) is 16.4 Å². The van der Waals surface area contributed by atoms with Crippen LogP contribution < -0.4 is 0 Å². The summed E-state index contributed by atoms with van der Waals surface area (Å²) in [5, 5.41) is 10.3. The van der Waals surface area contributed by atoms with E-state index in [4.69, 9.17) is 0 Å². The molecule has 0 radical (unpaired) electrons. The Bertz CT molecular complexity index is 834. The van der Waals surface area contributed by atoms with Crippen molar-refractivity contribution in [2.75, 3.05) is 0 Å². The molecule has 0 amide bonds. The molecule has 0 aromatic heterocycles. The summed E-state index contributed by atoms with van der Waals surface area (Å²) in [5.74, 6) is -0.620. The zero-order valence-electron chi connectivity index (χ0n) is 10.8. The first-order valence-corrected chi connectivity index (χ1v) is 7.59. The van der Waals surface area contributed by atoms with Crippen LogP contribution in [0.4, 0.5) is 10.1 Å². The van der Waals surface area contributed by atoms with Crippen LogP contribution in [0.2, 0.25) is 0 Å². The predicted octanol–water partition coefficient (Wildman–Crippen LogP) is 2.52. The standard InChI is InChI=1S/C14H11FN2O3S/c15-11-4-2-5-12(7-11)21(19,20)13-6-1-3-10-8-17(18)9-16-14(10)13/h1-7,9,18H,8H2. The number of hydroxylamine groups is 2. The summed E-state index contributed by atoms with van der Waals surface area (Å²) in [6.45, 7) is 0.144. The van der Waals surface area contributed by atoms with Crippen molar-refractivity contribution in [1.82, 2.24) is 5.06 Å². The van der Waals surface area contributed by atoms with E-state index in [2.05, 4.69) is 4.99 Å². The van der Waals surface area contributed by atoms with Crippen LogP contribution in [0.15, 0.2) is 57.2 Å². The van der Waals surface area contributed by atoms with Crippen LogP contribution in [0.25, 0.3) is 0 Å². The van der Waals surface area contributed by atoms with Crippen molar-refractivity contribution in [2.45, 2.75) is 16.3 Å². The lowest BCUT2D eigenvalue weighted by Crippen LogP contribution is -2.20. The molecule has 1 heterocycles. The molecule has 0 bridgehead atoms. The molecule has 0 atom stereocenters. The highest BCUT2D eigenvalue weighted by Crippen LogP contribution is 2.34. The quantitative estimate of drug-likeness (QED) is 0.925. The molecule has 5 nitrogen and oxygen atoms in total. The van der Waals surface area contributed by atoms with Gasteiger partial charge in [0.05, 0.1) is 22.0 Å². The van der Waals surface area contributed by atoms with Gasteiger partial charge < -0.3 is 0 Å². The molecule has 2 aromatic rings. The van der Waals surface area contributed by atoms with Gasteiger partial charge in [-0.3, -0.25) is 5.21 Å². The Morgan fingerprint density at radius 2 is 1.95 bits per heavy atom. The second kappa shape index (κ2) is 4.94. The van der Waals surface area contributed by atoms with Gasteiger partial charge in [-0.2, -0.15) is 0 Å². The highest BCUT2D eigenvalue weighted by molar-refractivity contribution is 7.91. The van der Waals surface area contributed by atoms with Crippen LogP contribution in [0.5, 0.6) is 0 Å². The first-order chi connectivity index (χ1) is 9.98. The number of para-hydroxylation sites is 1. The van der Waals surface area contributed by atoms with Crippen molar-refractivity contribution in [3.05, 3.63) is 53.8 Å². The van der Waals surface area contributed by atoms with E-state index in [1.165, 1.54) is 24.3 Å². The Balaban J connectivity index is 2.19. The number of sulfone groups is 1. The zero-order chi connectivity index (χ0) is 15.0. The maximum absolute atomic E-state index is 13.3. The van der Waals surface area contributed by atoms with Crippen molar-refractivity contribution in [3.8, 4) is 0 Å². The van der Waals surface area contributed by atoms with Crippen LogP contribution in [-0.4, -0.2) is 25.0 Å². The lowest BCUT2D eigenvalue weighted by Gasteiger charge is -2.19. The molecule has 0 aliphatic carbocycles. The average Bonchev–Trinajstić information content (AvgIpc) is 2.46. The van der Waals surface area contributed by atoms with Gasteiger partial charge in [0.25, 0.3) is 0 Å². The number of hydrogen-bond acceptors (Lipinski definition) is 5. The maximum atomic E-state index is 13.3. The third kappa shape index (κ3) is 2.41. The Hall–Kier alpha value is -2.25. The molecular weight excluding hydrogens is 295 g/mol. The van der Waals surface area contributed by atoms with E-state index < -0.39 is 15.7 Å². The zero-order valence-corrected chi connectivity index (χ0v) is 11.6. The summed E-state index contributed by atoms with van der Waals surface area (Å²) < 4.78 is 38.5. The van der Waals surface area contributed by atoms with Crippen molar-refractivity contribution in [1.29, 1.82) is 0 Å². The molecule has 2 aromatic carbocycles. The number of hydrogen-bond donors (Lipinski definition) is 1. The number of benzene rings is 2. The Labute approximate surface area is 120 Å². The topological polar surface area (TPSA) is 70.0 Å². The van der Waals surface area contributed by atoms with Crippen LogP contribution in [0, 0.1) is 5.82 Å².